The zero-order valence-electron chi connectivity index (χ0n) is 11.6. The number of rotatable bonds is 7. The van der Waals surface area contributed by atoms with Gasteiger partial charge in [0.15, 0.2) is 0 Å². The standard InChI is InChI=1S/C15H18ClNO3S/c16-11-4-1-2-5-12(11)21-9-13(18)17-10-15(6-3-7-15)8-14(19)20/h1-2,4-5H,3,6-10H2,(H,17,18)(H,19,20). The van der Waals surface area contributed by atoms with Gasteiger partial charge in [0, 0.05) is 11.4 Å². The number of thioether (sulfide) groups is 1. The van der Waals surface area contributed by atoms with Crippen LogP contribution in [-0.2, 0) is 9.59 Å². The molecule has 4 nitrogen and oxygen atoms in total. The van der Waals surface area contributed by atoms with Gasteiger partial charge < -0.3 is 10.4 Å². The van der Waals surface area contributed by atoms with Crippen LogP contribution >= 0.6 is 23.4 Å². The van der Waals surface area contributed by atoms with Crippen LogP contribution in [0.15, 0.2) is 29.2 Å². The molecule has 0 heterocycles. The van der Waals surface area contributed by atoms with Crippen LogP contribution in [0.3, 0.4) is 0 Å². The highest BCUT2D eigenvalue weighted by atomic mass is 35.5. The second-order valence-electron chi connectivity index (χ2n) is 5.42. The van der Waals surface area contributed by atoms with Crippen molar-refractivity contribution < 1.29 is 14.7 Å². The van der Waals surface area contributed by atoms with E-state index in [2.05, 4.69) is 5.32 Å². The first-order valence-corrected chi connectivity index (χ1v) is 8.23. The van der Waals surface area contributed by atoms with Gasteiger partial charge in [-0.25, -0.2) is 0 Å². The van der Waals surface area contributed by atoms with E-state index >= 15 is 0 Å². The molecule has 0 unspecified atom stereocenters. The SMILES string of the molecule is O=C(O)CC1(CNC(=O)CSc2ccccc2Cl)CCC1. The van der Waals surface area contributed by atoms with Crippen LogP contribution in [0.4, 0.5) is 0 Å². The first kappa shape index (κ1) is 16.2. The van der Waals surface area contributed by atoms with E-state index in [-0.39, 0.29) is 23.5 Å². The highest BCUT2D eigenvalue weighted by Gasteiger charge is 2.39. The number of amides is 1. The van der Waals surface area contributed by atoms with Crippen LogP contribution in [-0.4, -0.2) is 29.3 Å². The van der Waals surface area contributed by atoms with E-state index in [0.29, 0.717) is 11.6 Å². The van der Waals surface area contributed by atoms with Gasteiger partial charge in [0.2, 0.25) is 5.91 Å². The largest absolute Gasteiger partial charge is 0.481 e. The molecule has 1 fully saturated rings. The van der Waals surface area contributed by atoms with Crippen LogP contribution in [0.1, 0.15) is 25.7 Å². The molecule has 0 radical (unpaired) electrons. The quantitative estimate of drug-likeness (QED) is 0.755. The van der Waals surface area contributed by atoms with Crippen LogP contribution in [0.5, 0.6) is 0 Å². The Morgan fingerprint density at radius 1 is 1.33 bits per heavy atom. The van der Waals surface area contributed by atoms with Gasteiger partial charge in [0.25, 0.3) is 0 Å². The van der Waals surface area contributed by atoms with Crippen LogP contribution in [0, 0.1) is 5.41 Å². The summed E-state index contributed by atoms with van der Waals surface area (Å²) in [6.07, 6.45) is 2.91. The molecule has 1 aromatic carbocycles. The number of carboxylic acid groups (broad SMARTS) is 1. The molecule has 1 amide bonds. The molecule has 0 aromatic heterocycles. The third-order valence-electron chi connectivity index (χ3n) is 3.80. The fourth-order valence-corrected chi connectivity index (χ4v) is 3.52. The summed E-state index contributed by atoms with van der Waals surface area (Å²) in [4.78, 5) is 23.6. The summed E-state index contributed by atoms with van der Waals surface area (Å²) in [7, 11) is 0. The number of aliphatic carboxylic acids is 1. The smallest absolute Gasteiger partial charge is 0.303 e. The van der Waals surface area contributed by atoms with E-state index in [1.54, 1.807) is 6.07 Å². The van der Waals surface area contributed by atoms with E-state index in [9.17, 15) is 9.59 Å². The fourth-order valence-electron chi connectivity index (χ4n) is 2.46. The average molecular weight is 328 g/mol. The van der Waals surface area contributed by atoms with Gasteiger partial charge >= 0.3 is 5.97 Å². The minimum atomic E-state index is -0.797. The fraction of sp³-hybridized carbons (Fsp3) is 0.467. The normalized spacial score (nSPS) is 16.0. The van der Waals surface area contributed by atoms with Crippen molar-refractivity contribution in [3.63, 3.8) is 0 Å². The van der Waals surface area contributed by atoms with Crippen LogP contribution < -0.4 is 5.32 Å². The van der Waals surface area contributed by atoms with Gasteiger partial charge in [-0.15, -0.1) is 11.8 Å². The molecule has 0 bridgehead atoms. The lowest BCUT2D eigenvalue weighted by Gasteiger charge is -2.40. The summed E-state index contributed by atoms with van der Waals surface area (Å²) >= 11 is 7.41. The molecule has 0 spiro atoms. The third-order valence-corrected chi connectivity index (χ3v) is 5.31. The molecule has 0 aliphatic heterocycles. The minimum absolute atomic E-state index is 0.0865. The first-order chi connectivity index (χ1) is 10.0. The molecule has 1 aliphatic rings. The summed E-state index contributed by atoms with van der Waals surface area (Å²) in [5, 5.41) is 12.4. The number of carbonyl (C=O) groups excluding carboxylic acids is 1. The number of carboxylic acids is 1. The summed E-state index contributed by atoms with van der Waals surface area (Å²) in [6, 6.07) is 7.39. The van der Waals surface area contributed by atoms with Gasteiger partial charge in [-0.1, -0.05) is 30.2 Å². The summed E-state index contributed by atoms with van der Waals surface area (Å²) < 4.78 is 0. The number of halogens is 1. The molecule has 21 heavy (non-hydrogen) atoms. The number of benzene rings is 1. The highest BCUT2D eigenvalue weighted by Crippen LogP contribution is 2.43. The topological polar surface area (TPSA) is 66.4 Å². The lowest BCUT2D eigenvalue weighted by molar-refractivity contribution is -0.141. The van der Waals surface area contributed by atoms with Crippen LogP contribution in [0.2, 0.25) is 5.02 Å². The van der Waals surface area contributed by atoms with Crippen molar-refractivity contribution in [1.82, 2.24) is 5.32 Å². The molecule has 0 saturated heterocycles. The van der Waals surface area contributed by atoms with Crippen molar-refractivity contribution >= 4 is 35.2 Å². The van der Waals surface area contributed by atoms with Crippen molar-refractivity contribution in [2.24, 2.45) is 5.41 Å². The number of hydrogen-bond acceptors (Lipinski definition) is 3. The van der Waals surface area contributed by atoms with Crippen molar-refractivity contribution in [3.05, 3.63) is 29.3 Å². The average Bonchev–Trinajstić information content (AvgIpc) is 2.40. The maximum absolute atomic E-state index is 11.9. The summed E-state index contributed by atoms with van der Waals surface area (Å²) in [6.45, 7) is 0.446. The second-order valence-corrected chi connectivity index (χ2v) is 6.84. The summed E-state index contributed by atoms with van der Waals surface area (Å²) in [5.74, 6) is -0.599. The Balaban J connectivity index is 1.77. The van der Waals surface area contributed by atoms with Gasteiger partial charge in [-0.2, -0.15) is 0 Å². The molecule has 1 aromatic rings. The lowest BCUT2D eigenvalue weighted by atomic mass is 9.66. The van der Waals surface area contributed by atoms with E-state index < -0.39 is 5.97 Å². The first-order valence-electron chi connectivity index (χ1n) is 6.87. The maximum Gasteiger partial charge on any atom is 0.303 e. The molecule has 2 rings (SSSR count). The molecule has 1 aliphatic carbocycles. The Morgan fingerprint density at radius 2 is 2.05 bits per heavy atom. The predicted molar refractivity (Wildman–Crippen MR) is 83.7 cm³/mol. The number of carbonyl (C=O) groups is 2. The third kappa shape index (κ3) is 4.64. The van der Waals surface area contributed by atoms with E-state index in [0.717, 1.165) is 24.2 Å². The summed E-state index contributed by atoms with van der Waals surface area (Å²) in [5.41, 5.74) is -0.240. The highest BCUT2D eigenvalue weighted by molar-refractivity contribution is 8.00. The van der Waals surface area contributed by atoms with E-state index in [1.807, 2.05) is 18.2 Å². The molecule has 6 heteroatoms. The van der Waals surface area contributed by atoms with Gasteiger partial charge in [0.1, 0.15) is 0 Å². The molecule has 1 saturated carbocycles. The molecular weight excluding hydrogens is 310 g/mol. The zero-order valence-corrected chi connectivity index (χ0v) is 13.2. The molecule has 114 valence electrons. The number of nitrogens with one attached hydrogen (secondary N) is 1. The Labute approximate surface area is 133 Å². The van der Waals surface area contributed by atoms with Crippen LogP contribution in [0.25, 0.3) is 0 Å². The van der Waals surface area contributed by atoms with Crippen molar-refractivity contribution in [3.8, 4) is 0 Å². The Morgan fingerprint density at radius 3 is 2.62 bits per heavy atom. The monoisotopic (exact) mass is 327 g/mol. The van der Waals surface area contributed by atoms with Crippen molar-refractivity contribution in [2.45, 2.75) is 30.6 Å². The van der Waals surface area contributed by atoms with E-state index in [1.165, 1.54) is 11.8 Å². The Hall–Kier alpha value is -1.20. The Bertz CT molecular complexity index is 531. The Kier molecular flexibility index (Phi) is 5.53. The van der Waals surface area contributed by atoms with Gasteiger partial charge in [0.05, 0.1) is 17.2 Å². The number of hydrogen-bond donors (Lipinski definition) is 2. The van der Waals surface area contributed by atoms with Crippen molar-refractivity contribution in [2.75, 3.05) is 12.3 Å². The molecule has 2 N–H and O–H groups in total. The van der Waals surface area contributed by atoms with Gasteiger partial charge in [-0.3, -0.25) is 9.59 Å². The second kappa shape index (κ2) is 7.18. The molecule has 0 atom stereocenters. The predicted octanol–water partition coefficient (Wildman–Crippen LogP) is 3.19. The van der Waals surface area contributed by atoms with Crippen molar-refractivity contribution in [1.29, 1.82) is 0 Å². The lowest BCUT2D eigenvalue weighted by Crippen LogP contribution is -2.44. The van der Waals surface area contributed by atoms with E-state index in [4.69, 9.17) is 16.7 Å². The van der Waals surface area contributed by atoms with Gasteiger partial charge in [-0.05, 0) is 30.4 Å². The maximum atomic E-state index is 11.9. The minimum Gasteiger partial charge on any atom is -0.481 e. The molecular formula is C15H18ClNO3S. The zero-order chi connectivity index (χ0) is 15.3.